The lowest BCUT2D eigenvalue weighted by molar-refractivity contribution is -0.143. The molecule has 194 valence electrons. The number of halogens is 4. The van der Waals surface area contributed by atoms with Gasteiger partial charge in [-0.05, 0) is 47.7 Å². The summed E-state index contributed by atoms with van der Waals surface area (Å²) in [5.41, 5.74) is 3.96. The first-order chi connectivity index (χ1) is 17.6. The van der Waals surface area contributed by atoms with Crippen LogP contribution in [-0.4, -0.2) is 36.0 Å². The van der Waals surface area contributed by atoms with Gasteiger partial charge in [0.05, 0.1) is 6.04 Å². The molecule has 2 unspecified atom stereocenters. The molecule has 2 atom stereocenters. The highest BCUT2D eigenvalue weighted by Gasteiger charge is 2.46. The Bertz CT molecular complexity index is 1240. The number of imide groups is 1. The van der Waals surface area contributed by atoms with Gasteiger partial charge in [0.2, 0.25) is 18.7 Å². The van der Waals surface area contributed by atoms with E-state index in [0.717, 1.165) is 22.3 Å². The van der Waals surface area contributed by atoms with Crippen LogP contribution in [0.4, 0.5) is 17.6 Å². The van der Waals surface area contributed by atoms with Crippen LogP contribution in [0, 0.1) is 12.8 Å². The first-order valence-electron chi connectivity index (χ1n) is 11.4. The van der Waals surface area contributed by atoms with Gasteiger partial charge in [0.15, 0.2) is 5.78 Å². The molecular weight excluding hydrogens is 490 g/mol. The van der Waals surface area contributed by atoms with Crippen molar-refractivity contribution in [2.75, 3.05) is 6.86 Å². The first-order valence-corrected chi connectivity index (χ1v) is 11.4. The van der Waals surface area contributed by atoms with Gasteiger partial charge in [0.1, 0.15) is 11.7 Å². The number of alkyl halides is 4. The molecule has 0 radical (unpaired) electrons. The number of likely N-dealkylation sites (tertiary alicyclic amines) is 1. The second-order valence-corrected chi connectivity index (χ2v) is 8.36. The zero-order valence-corrected chi connectivity index (χ0v) is 20.2. The minimum Gasteiger partial charge on any atom is -0.463 e. The van der Waals surface area contributed by atoms with E-state index < -0.39 is 31.4 Å². The molecule has 0 N–H and O–H groups in total. The number of amides is 2. The maximum Gasteiger partial charge on any atom is 0.379 e. The normalized spacial score (nSPS) is 16.8. The van der Waals surface area contributed by atoms with Gasteiger partial charge < -0.3 is 4.74 Å². The SMILES string of the molecule is CC(=O)N1C(=O)C(C(=O)c2ccccc2C)CC1c1ccc(-c2ccc(OCF)cc2)cc1.FC(F)F. The molecule has 1 heterocycles. The number of rotatable bonds is 6. The molecule has 1 aliphatic heterocycles. The molecule has 0 aliphatic carbocycles. The maximum atomic E-state index is 13.1. The van der Waals surface area contributed by atoms with Crippen LogP contribution in [0.5, 0.6) is 5.75 Å². The highest BCUT2D eigenvalue weighted by molar-refractivity contribution is 6.14. The third-order valence-electron chi connectivity index (χ3n) is 6.08. The Labute approximate surface area is 211 Å². The molecule has 1 saturated heterocycles. The Morgan fingerprint density at radius 3 is 2.00 bits per heavy atom. The van der Waals surface area contributed by atoms with E-state index in [9.17, 15) is 31.9 Å². The largest absolute Gasteiger partial charge is 0.463 e. The van der Waals surface area contributed by atoms with Gasteiger partial charge in [0.25, 0.3) is 0 Å². The number of benzene rings is 3. The van der Waals surface area contributed by atoms with Gasteiger partial charge >= 0.3 is 6.68 Å². The maximum absolute atomic E-state index is 13.1. The molecule has 9 heteroatoms. The van der Waals surface area contributed by atoms with Crippen molar-refractivity contribution in [1.29, 1.82) is 0 Å². The zero-order chi connectivity index (χ0) is 27.1. The number of carbonyl (C=O) groups is 3. The minimum atomic E-state index is -3.67. The molecule has 0 spiro atoms. The van der Waals surface area contributed by atoms with Crippen LogP contribution in [0.25, 0.3) is 11.1 Å². The molecule has 1 aliphatic rings. The summed E-state index contributed by atoms with van der Waals surface area (Å²) >= 11 is 0. The lowest BCUT2D eigenvalue weighted by atomic mass is 9.90. The molecule has 2 amide bonds. The number of ether oxygens (including phenoxy) is 1. The molecule has 5 nitrogen and oxygen atoms in total. The standard InChI is InChI=1S/C27H24FNO4.CHF3/c1-17-5-3-4-6-23(17)26(31)24-15-25(29(18(2)30)27(24)32)21-9-7-19(8-10-21)20-11-13-22(14-12-20)33-16-28;2-1(3)4/h3-14,24-25H,15-16H2,1-2H3;1H. The molecule has 0 bridgehead atoms. The predicted molar refractivity (Wildman–Crippen MR) is 129 cm³/mol. The third-order valence-corrected chi connectivity index (χ3v) is 6.08. The van der Waals surface area contributed by atoms with E-state index in [1.807, 2.05) is 55.5 Å². The number of aryl methyl sites for hydroxylation is 1. The lowest BCUT2D eigenvalue weighted by Gasteiger charge is -2.22. The van der Waals surface area contributed by atoms with Crippen LogP contribution in [-0.2, 0) is 9.59 Å². The van der Waals surface area contributed by atoms with Crippen molar-refractivity contribution in [3.8, 4) is 16.9 Å². The summed E-state index contributed by atoms with van der Waals surface area (Å²) in [5.74, 6) is -1.52. The molecule has 0 saturated carbocycles. The Balaban J connectivity index is 0.000000886. The second kappa shape index (κ2) is 12.3. The average Bonchev–Trinajstić information content (AvgIpc) is 3.22. The molecule has 0 aromatic heterocycles. The molecule has 1 fully saturated rings. The third kappa shape index (κ3) is 6.61. The van der Waals surface area contributed by atoms with Crippen molar-refractivity contribution in [2.24, 2.45) is 5.92 Å². The van der Waals surface area contributed by atoms with Crippen LogP contribution in [0.3, 0.4) is 0 Å². The van der Waals surface area contributed by atoms with Gasteiger partial charge in [-0.2, -0.15) is 13.2 Å². The topological polar surface area (TPSA) is 63.7 Å². The van der Waals surface area contributed by atoms with Crippen molar-refractivity contribution < 1.29 is 36.7 Å². The molecule has 4 rings (SSSR count). The minimum absolute atomic E-state index is 0.250. The summed E-state index contributed by atoms with van der Waals surface area (Å²) in [4.78, 5) is 39.8. The van der Waals surface area contributed by atoms with Crippen molar-refractivity contribution in [1.82, 2.24) is 4.90 Å². The smallest absolute Gasteiger partial charge is 0.379 e. The van der Waals surface area contributed by atoms with Gasteiger partial charge in [-0.1, -0.05) is 60.7 Å². The van der Waals surface area contributed by atoms with E-state index >= 15 is 0 Å². The van der Waals surface area contributed by atoms with Gasteiger partial charge in [0, 0.05) is 12.5 Å². The zero-order valence-electron chi connectivity index (χ0n) is 20.2. The predicted octanol–water partition coefficient (Wildman–Crippen LogP) is 6.47. The number of Topliss-reactive ketones (excluding diaryl/α,β-unsaturated/α-hetero) is 1. The van der Waals surface area contributed by atoms with E-state index in [-0.39, 0.29) is 18.1 Å². The van der Waals surface area contributed by atoms with Crippen molar-refractivity contribution >= 4 is 17.6 Å². The number of hydrogen-bond donors (Lipinski definition) is 0. The summed E-state index contributed by atoms with van der Waals surface area (Å²) in [6.07, 6.45) is 0.250. The van der Waals surface area contributed by atoms with Crippen LogP contribution in [0.2, 0.25) is 0 Å². The fraction of sp³-hybridized carbons (Fsp3) is 0.250. The highest BCUT2D eigenvalue weighted by Crippen LogP contribution is 2.39. The number of hydrogen-bond acceptors (Lipinski definition) is 4. The molecule has 37 heavy (non-hydrogen) atoms. The van der Waals surface area contributed by atoms with Crippen molar-refractivity contribution in [2.45, 2.75) is 33.0 Å². The summed E-state index contributed by atoms with van der Waals surface area (Å²) in [5, 5.41) is 0. The number of nitrogens with zero attached hydrogens (tertiary/aromatic N) is 1. The first kappa shape index (κ1) is 27.6. The van der Waals surface area contributed by atoms with E-state index in [4.69, 9.17) is 4.74 Å². The van der Waals surface area contributed by atoms with Crippen LogP contribution in [0.1, 0.15) is 40.9 Å². The summed E-state index contributed by atoms with van der Waals surface area (Å²) in [6.45, 7) is -1.36. The molecular formula is C28H25F4NO4. The Morgan fingerprint density at radius 2 is 1.49 bits per heavy atom. The molecule has 3 aromatic carbocycles. The van der Waals surface area contributed by atoms with Gasteiger partial charge in [-0.15, -0.1) is 0 Å². The highest BCUT2D eigenvalue weighted by atomic mass is 19.4. The van der Waals surface area contributed by atoms with Crippen molar-refractivity contribution in [3.05, 3.63) is 89.5 Å². The van der Waals surface area contributed by atoms with Crippen LogP contribution >= 0.6 is 0 Å². The van der Waals surface area contributed by atoms with Gasteiger partial charge in [-0.25, -0.2) is 4.39 Å². The summed E-state index contributed by atoms with van der Waals surface area (Å²) in [7, 11) is 0. The summed E-state index contributed by atoms with van der Waals surface area (Å²) in [6, 6.07) is 21.3. The van der Waals surface area contributed by atoms with E-state index in [2.05, 4.69) is 0 Å². The second-order valence-electron chi connectivity index (χ2n) is 8.36. The Kier molecular flexibility index (Phi) is 9.16. The van der Waals surface area contributed by atoms with E-state index in [0.29, 0.717) is 11.3 Å². The Morgan fingerprint density at radius 1 is 0.946 bits per heavy atom. The number of ketones is 1. The molecule has 3 aromatic rings. The van der Waals surface area contributed by atoms with Crippen LogP contribution in [0.15, 0.2) is 72.8 Å². The summed E-state index contributed by atoms with van der Waals surface area (Å²) < 4.78 is 46.1. The fourth-order valence-electron chi connectivity index (χ4n) is 4.37. The van der Waals surface area contributed by atoms with E-state index in [1.165, 1.54) is 11.8 Å². The quantitative estimate of drug-likeness (QED) is 0.215. The van der Waals surface area contributed by atoms with Crippen LogP contribution < -0.4 is 4.74 Å². The Hall–Kier alpha value is -4.01. The monoisotopic (exact) mass is 515 g/mol. The fourth-order valence-corrected chi connectivity index (χ4v) is 4.37. The lowest BCUT2D eigenvalue weighted by Crippen LogP contribution is -2.35. The number of carbonyl (C=O) groups excluding carboxylic acids is 3. The van der Waals surface area contributed by atoms with Crippen molar-refractivity contribution in [3.63, 3.8) is 0 Å². The van der Waals surface area contributed by atoms with E-state index in [1.54, 1.807) is 24.3 Å². The van der Waals surface area contributed by atoms with Gasteiger partial charge in [-0.3, -0.25) is 19.3 Å². The average molecular weight is 516 g/mol.